The van der Waals surface area contributed by atoms with Gasteiger partial charge >= 0.3 is 0 Å². The number of nitrogens with two attached hydrogens (primary N) is 1. The minimum atomic E-state index is 0.855. The summed E-state index contributed by atoms with van der Waals surface area (Å²) in [7, 11) is 0. The molecular weight excluding hydrogens is 314 g/mol. The van der Waals surface area contributed by atoms with E-state index in [4.69, 9.17) is 5.73 Å². The van der Waals surface area contributed by atoms with Gasteiger partial charge in [-0.3, -0.25) is 0 Å². The highest BCUT2D eigenvalue weighted by Crippen LogP contribution is 2.10. The molecular formula is C25H41N. The standard InChI is InChI=1S/C25H41N/c26-24-20-15-13-11-9-7-5-3-1-2-4-6-8-10-12-14-17-21-25-22-18-16-19-23-25/h1,3,16-19,21-23H,2,4-15,20,24,26H2. The molecule has 146 valence electrons. The van der Waals surface area contributed by atoms with Crippen LogP contribution in [0.25, 0.3) is 6.08 Å². The van der Waals surface area contributed by atoms with Gasteiger partial charge in [-0.25, -0.2) is 0 Å². The molecule has 2 N–H and O–H groups in total. The number of unbranched alkanes of at least 4 members (excludes halogenated alkanes) is 12. The number of benzene rings is 1. The van der Waals surface area contributed by atoms with E-state index < -0.39 is 0 Å². The Bertz CT molecular complexity index is 446. The van der Waals surface area contributed by atoms with E-state index in [1.807, 2.05) is 0 Å². The van der Waals surface area contributed by atoms with Crippen molar-refractivity contribution in [3.63, 3.8) is 0 Å². The summed E-state index contributed by atoms with van der Waals surface area (Å²) in [4.78, 5) is 0. The summed E-state index contributed by atoms with van der Waals surface area (Å²) in [6, 6.07) is 10.6. The Hall–Kier alpha value is -1.34. The molecule has 0 atom stereocenters. The number of hydrogen-bond acceptors (Lipinski definition) is 1. The Morgan fingerprint density at radius 2 is 1.00 bits per heavy atom. The molecule has 0 unspecified atom stereocenters. The van der Waals surface area contributed by atoms with Crippen LogP contribution < -0.4 is 5.73 Å². The van der Waals surface area contributed by atoms with E-state index >= 15 is 0 Å². The Labute approximate surface area is 162 Å². The van der Waals surface area contributed by atoms with Crippen molar-refractivity contribution in [2.45, 2.75) is 89.9 Å². The van der Waals surface area contributed by atoms with Crippen LogP contribution in [0.15, 0.2) is 48.6 Å². The quantitative estimate of drug-likeness (QED) is 0.225. The monoisotopic (exact) mass is 355 g/mol. The van der Waals surface area contributed by atoms with E-state index in [0.29, 0.717) is 0 Å². The number of rotatable bonds is 17. The van der Waals surface area contributed by atoms with Crippen LogP contribution in [0, 0.1) is 0 Å². The molecule has 0 saturated carbocycles. The Morgan fingerprint density at radius 1 is 0.538 bits per heavy atom. The zero-order chi connectivity index (χ0) is 18.5. The second kappa shape index (κ2) is 18.5. The summed E-state index contributed by atoms with van der Waals surface area (Å²) < 4.78 is 0. The van der Waals surface area contributed by atoms with Crippen molar-refractivity contribution in [2.75, 3.05) is 6.54 Å². The van der Waals surface area contributed by atoms with Crippen molar-refractivity contribution in [1.82, 2.24) is 0 Å². The van der Waals surface area contributed by atoms with E-state index in [-0.39, 0.29) is 0 Å². The maximum absolute atomic E-state index is 5.50. The topological polar surface area (TPSA) is 26.0 Å². The van der Waals surface area contributed by atoms with Crippen LogP contribution in [0.5, 0.6) is 0 Å². The van der Waals surface area contributed by atoms with Crippen LogP contribution in [-0.4, -0.2) is 6.54 Å². The maximum Gasteiger partial charge on any atom is -0.00773 e. The van der Waals surface area contributed by atoms with Gasteiger partial charge in [0.15, 0.2) is 0 Å². The van der Waals surface area contributed by atoms with E-state index in [1.54, 1.807) is 0 Å². The molecule has 26 heavy (non-hydrogen) atoms. The maximum atomic E-state index is 5.50. The molecule has 1 aromatic carbocycles. The van der Waals surface area contributed by atoms with Crippen LogP contribution >= 0.6 is 0 Å². The normalized spacial score (nSPS) is 11.7. The predicted molar refractivity (Wildman–Crippen MR) is 118 cm³/mol. The Morgan fingerprint density at radius 3 is 1.54 bits per heavy atom. The molecule has 1 rings (SSSR count). The van der Waals surface area contributed by atoms with Crippen molar-refractivity contribution in [1.29, 1.82) is 0 Å². The second-order valence-electron chi connectivity index (χ2n) is 7.33. The van der Waals surface area contributed by atoms with Crippen LogP contribution in [0.4, 0.5) is 0 Å². The minimum absolute atomic E-state index is 0.855. The molecule has 0 aliphatic heterocycles. The van der Waals surface area contributed by atoms with E-state index in [9.17, 15) is 0 Å². The largest absolute Gasteiger partial charge is 0.330 e. The molecule has 1 aromatic rings. The van der Waals surface area contributed by atoms with Gasteiger partial charge in [-0.2, -0.15) is 0 Å². The average Bonchev–Trinajstić information content (AvgIpc) is 2.68. The molecule has 0 bridgehead atoms. The van der Waals surface area contributed by atoms with Gasteiger partial charge in [-0.15, -0.1) is 0 Å². The number of hydrogen-bond donors (Lipinski definition) is 1. The van der Waals surface area contributed by atoms with Crippen LogP contribution in [0.1, 0.15) is 95.5 Å². The van der Waals surface area contributed by atoms with Crippen molar-refractivity contribution < 1.29 is 0 Å². The highest BCUT2D eigenvalue weighted by Gasteiger charge is 1.91. The highest BCUT2D eigenvalue weighted by atomic mass is 14.5. The van der Waals surface area contributed by atoms with Gasteiger partial charge in [0.2, 0.25) is 0 Å². The van der Waals surface area contributed by atoms with E-state index in [2.05, 4.69) is 54.6 Å². The summed E-state index contributed by atoms with van der Waals surface area (Å²) in [5.41, 5.74) is 6.81. The molecule has 1 heteroatoms. The summed E-state index contributed by atoms with van der Waals surface area (Å²) in [6.07, 6.45) is 27.9. The zero-order valence-electron chi connectivity index (χ0n) is 16.9. The molecule has 0 aromatic heterocycles. The van der Waals surface area contributed by atoms with Crippen LogP contribution in [-0.2, 0) is 0 Å². The van der Waals surface area contributed by atoms with E-state index in [1.165, 1.54) is 95.5 Å². The van der Waals surface area contributed by atoms with Crippen LogP contribution in [0.3, 0.4) is 0 Å². The van der Waals surface area contributed by atoms with Gasteiger partial charge < -0.3 is 5.73 Å². The first kappa shape index (κ1) is 22.7. The first-order valence-electron chi connectivity index (χ1n) is 11.0. The third kappa shape index (κ3) is 15.0. The summed E-state index contributed by atoms with van der Waals surface area (Å²) >= 11 is 0. The third-order valence-electron chi connectivity index (χ3n) is 4.84. The summed E-state index contributed by atoms with van der Waals surface area (Å²) in [5, 5.41) is 0. The fraction of sp³-hybridized carbons (Fsp3) is 0.600. The molecule has 0 radical (unpaired) electrons. The third-order valence-corrected chi connectivity index (χ3v) is 4.84. The smallest absolute Gasteiger partial charge is 0.00773 e. The molecule has 0 aliphatic rings. The lowest BCUT2D eigenvalue weighted by molar-refractivity contribution is 0.599. The number of allylic oxidation sites excluding steroid dienone is 3. The van der Waals surface area contributed by atoms with Crippen molar-refractivity contribution in [3.8, 4) is 0 Å². The fourth-order valence-corrected chi connectivity index (χ4v) is 3.19. The van der Waals surface area contributed by atoms with E-state index in [0.717, 1.165) is 6.54 Å². The lowest BCUT2D eigenvalue weighted by Gasteiger charge is -1.99. The van der Waals surface area contributed by atoms with Crippen LogP contribution in [0.2, 0.25) is 0 Å². The van der Waals surface area contributed by atoms with Crippen molar-refractivity contribution in [3.05, 3.63) is 54.1 Å². The fourth-order valence-electron chi connectivity index (χ4n) is 3.19. The molecule has 1 nitrogen and oxygen atoms in total. The van der Waals surface area contributed by atoms with Crippen molar-refractivity contribution >= 4 is 6.08 Å². The second-order valence-corrected chi connectivity index (χ2v) is 7.33. The summed E-state index contributed by atoms with van der Waals surface area (Å²) in [6.45, 7) is 0.855. The first-order chi connectivity index (χ1) is 12.9. The SMILES string of the molecule is NCCCCCCCCC=CCCCCCCCC=Cc1ccccc1. The lowest BCUT2D eigenvalue weighted by Crippen LogP contribution is -1.97. The summed E-state index contributed by atoms with van der Waals surface area (Å²) in [5.74, 6) is 0. The van der Waals surface area contributed by atoms with Crippen molar-refractivity contribution in [2.24, 2.45) is 5.73 Å². The Balaban J connectivity index is 1.78. The molecule has 0 spiro atoms. The van der Waals surface area contributed by atoms with Gasteiger partial charge in [0.25, 0.3) is 0 Å². The Kier molecular flexibility index (Phi) is 16.1. The van der Waals surface area contributed by atoms with Gasteiger partial charge in [-0.1, -0.05) is 99.6 Å². The molecule has 0 heterocycles. The molecule has 0 aliphatic carbocycles. The minimum Gasteiger partial charge on any atom is -0.330 e. The van der Waals surface area contributed by atoms with Gasteiger partial charge in [0.05, 0.1) is 0 Å². The molecule has 0 fully saturated rings. The zero-order valence-corrected chi connectivity index (χ0v) is 16.9. The molecule has 0 saturated heterocycles. The lowest BCUT2D eigenvalue weighted by atomic mass is 10.1. The highest BCUT2D eigenvalue weighted by molar-refractivity contribution is 5.48. The van der Waals surface area contributed by atoms with Gasteiger partial charge in [0, 0.05) is 0 Å². The average molecular weight is 356 g/mol. The van der Waals surface area contributed by atoms with Gasteiger partial charge in [-0.05, 0) is 57.1 Å². The molecule has 0 amide bonds. The van der Waals surface area contributed by atoms with Gasteiger partial charge in [0.1, 0.15) is 0 Å². The first-order valence-corrected chi connectivity index (χ1v) is 11.0. The predicted octanol–water partition coefficient (Wildman–Crippen LogP) is 7.68.